The molecule has 0 aromatic heterocycles. The van der Waals surface area contributed by atoms with Gasteiger partial charge in [0, 0.05) is 0 Å². The molecule has 0 aliphatic heterocycles. The molecule has 0 radical (unpaired) electrons. The molecule has 0 saturated carbocycles. The molecular weight excluding hydrogens is 238 g/mol. The molecule has 100 valence electrons. The second kappa shape index (κ2) is 5.85. The molecule has 0 bridgehead atoms. The highest BCUT2D eigenvalue weighted by atomic mass is 16.5. The maximum absolute atomic E-state index is 11.8. The van der Waals surface area contributed by atoms with Crippen molar-refractivity contribution in [3.05, 3.63) is 48.0 Å². The number of nitrogens with zero attached hydrogens (tertiary/aromatic N) is 1. The van der Waals surface area contributed by atoms with E-state index in [4.69, 9.17) is 4.74 Å². The van der Waals surface area contributed by atoms with Crippen LogP contribution >= 0.6 is 0 Å². The summed E-state index contributed by atoms with van der Waals surface area (Å²) in [4.78, 5) is 13.7. The number of hydrogen-bond donors (Lipinski definition) is 0. The third-order valence-corrected chi connectivity index (χ3v) is 3.39. The van der Waals surface area contributed by atoms with Gasteiger partial charge in [-0.25, -0.2) is 0 Å². The Hall–Kier alpha value is -1.87. The van der Waals surface area contributed by atoms with E-state index in [0.29, 0.717) is 6.42 Å². The zero-order valence-corrected chi connectivity index (χ0v) is 11.6. The van der Waals surface area contributed by atoms with E-state index in [9.17, 15) is 4.79 Å². The number of esters is 1. The van der Waals surface area contributed by atoms with Gasteiger partial charge in [-0.3, -0.25) is 9.69 Å². The van der Waals surface area contributed by atoms with Crippen molar-refractivity contribution in [2.75, 3.05) is 21.2 Å². The number of carbonyl (C=O) groups is 1. The van der Waals surface area contributed by atoms with E-state index in [-0.39, 0.29) is 12.0 Å². The molecule has 0 amide bonds. The van der Waals surface area contributed by atoms with Crippen LogP contribution in [0.2, 0.25) is 0 Å². The zero-order valence-electron chi connectivity index (χ0n) is 11.6. The van der Waals surface area contributed by atoms with Crippen LogP contribution in [0.4, 0.5) is 0 Å². The normalized spacial score (nSPS) is 12.6. The summed E-state index contributed by atoms with van der Waals surface area (Å²) < 4.78 is 4.88. The number of hydrogen-bond acceptors (Lipinski definition) is 3. The van der Waals surface area contributed by atoms with Gasteiger partial charge in [0.25, 0.3) is 0 Å². The fraction of sp³-hybridized carbons (Fsp3) is 0.312. The molecule has 2 aromatic rings. The summed E-state index contributed by atoms with van der Waals surface area (Å²) >= 11 is 0. The third kappa shape index (κ3) is 2.93. The van der Waals surface area contributed by atoms with E-state index in [1.165, 1.54) is 23.4 Å². The van der Waals surface area contributed by atoms with Crippen LogP contribution in [0.5, 0.6) is 0 Å². The van der Waals surface area contributed by atoms with Gasteiger partial charge < -0.3 is 4.74 Å². The van der Waals surface area contributed by atoms with Crippen molar-refractivity contribution >= 4 is 16.7 Å². The molecular formula is C16H19NO2. The van der Waals surface area contributed by atoms with Gasteiger partial charge in [0.1, 0.15) is 6.04 Å². The molecule has 2 rings (SSSR count). The molecule has 0 aliphatic rings. The molecule has 2 aromatic carbocycles. The molecule has 0 spiro atoms. The van der Waals surface area contributed by atoms with Crippen LogP contribution in [0.25, 0.3) is 10.8 Å². The Balaban J connectivity index is 2.36. The maximum Gasteiger partial charge on any atom is 0.323 e. The predicted molar refractivity (Wildman–Crippen MR) is 77.1 cm³/mol. The fourth-order valence-corrected chi connectivity index (χ4v) is 2.29. The second-order valence-corrected chi connectivity index (χ2v) is 4.84. The number of benzene rings is 2. The van der Waals surface area contributed by atoms with Crippen LogP contribution in [-0.4, -0.2) is 38.1 Å². The van der Waals surface area contributed by atoms with E-state index in [1.807, 2.05) is 37.2 Å². The number of rotatable bonds is 4. The Bertz CT molecular complexity index is 572. The summed E-state index contributed by atoms with van der Waals surface area (Å²) in [7, 11) is 5.22. The molecule has 0 heterocycles. The highest BCUT2D eigenvalue weighted by molar-refractivity contribution is 5.86. The average molecular weight is 257 g/mol. The van der Waals surface area contributed by atoms with Crippen molar-refractivity contribution in [2.45, 2.75) is 12.5 Å². The summed E-state index contributed by atoms with van der Waals surface area (Å²) in [6.45, 7) is 0. The molecule has 3 nitrogen and oxygen atoms in total. The van der Waals surface area contributed by atoms with Crippen LogP contribution in [0.1, 0.15) is 5.56 Å². The molecule has 19 heavy (non-hydrogen) atoms. The van der Waals surface area contributed by atoms with Gasteiger partial charge in [0.05, 0.1) is 7.11 Å². The summed E-state index contributed by atoms with van der Waals surface area (Å²) in [5.74, 6) is -0.196. The van der Waals surface area contributed by atoms with Gasteiger partial charge in [-0.1, -0.05) is 42.5 Å². The highest BCUT2D eigenvalue weighted by Crippen LogP contribution is 2.20. The quantitative estimate of drug-likeness (QED) is 0.788. The summed E-state index contributed by atoms with van der Waals surface area (Å²) in [6, 6.07) is 14.2. The summed E-state index contributed by atoms with van der Waals surface area (Å²) in [5, 5.41) is 2.39. The fourth-order valence-electron chi connectivity index (χ4n) is 2.29. The number of ether oxygens (including phenoxy) is 1. The lowest BCUT2D eigenvalue weighted by atomic mass is 9.98. The first kappa shape index (κ1) is 13.6. The first-order chi connectivity index (χ1) is 9.13. The summed E-state index contributed by atoms with van der Waals surface area (Å²) in [5.41, 5.74) is 1.17. The van der Waals surface area contributed by atoms with Crippen LogP contribution in [0.3, 0.4) is 0 Å². The number of methoxy groups -OCH3 is 1. The lowest BCUT2D eigenvalue weighted by molar-refractivity contribution is -0.145. The first-order valence-corrected chi connectivity index (χ1v) is 6.34. The Morgan fingerprint density at radius 3 is 2.53 bits per heavy atom. The Morgan fingerprint density at radius 1 is 1.16 bits per heavy atom. The lowest BCUT2D eigenvalue weighted by Gasteiger charge is -2.22. The largest absolute Gasteiger partial charge is 0.468 e. The van der Waals surface area contributed by atoms with Crippen LogP contribution in [0.15, 0.2) is 42.5 Å². The second-order valence-electron chi connectivity index (χ2n) is 4.84. The number of likely N-dealkylation sites (N-methyl/N-ethyl adjacent to an activating group) is 1. The van der Waals surface area contributed by atoms with Crippen LogP contribution in [0, 0.1) is 0 Å². The smallest absolute Gasteiger partial charge is 0.323 e. The first-order valence-electron chi connectivity index (χ1n) is 6.34. The SMILES string of the molecule is COC(=O)[C@H](Cc1cccc2ccccc12)N(C)C. The van der Waals surface area contributed by atoms with Gasteiger partial charge in [0.2, 0.25) is 0 Å². The number of carbonyl (C=O) groups excluding carboxylic acids is 1. The highest BCUT2D eigenvalue weighted by Gasteiger charge is 2.22. The van der Waals surface area contributed by atoms with Gasteiger partial charge in [0.15, 0.2) is 0 Å². The van der Waals surface area contributed by atoms with E-state index < -0.39 is 0 Å². The van der Waals surface area contributed by atoms with Crippen molar-refractivity contribution in [3.63, 3.8) is 0 Å². The topological polar surface area (TPSA) is 29.5 Å². The maximum atomic E-state index is 11.8. The van der Waals surface area contributed by atoms with Gasteiger partial charge in [-0.2, -0.15) is 0 Å². The van der Waals surface area contributed by atoms with Gasteiger partial charge in [-0.15, -0.1) is 0 Å². The molecule has 1 atom stereocenters. The standard InChI is InChI=1S/C16H19NO2/c1-17(2)15(16(18)19-3)11-13-9-6-8-12-7-4-5-10-14(12)13/h4-10,15H,11H2,1-3H3/t15-/m0/s1. The molecule has 0 saturated heterocycles. The third-order valence-electron chi connectivity index (χ3n) is 3.39. The van der Waals surface area contributed by atoms with E-state index in [1.54, 1.807) is 0 Å². The predicted octanol–water partition coefficient (Wildman–Crippen LogP) is 2.49. The Morgan fingerprint density at radius 2 is 1.84 bits per heavy atom. The minimum Gasteiger partial charge on any atom is -0.468 e. The van der Waals surface area contributed by atoms with Crippen molar-refractivity contribution in [3.8, 4) is 0 Å². The molecule has 0 aliphatic carbocycles. The molecule has 0 N–H and O–H groups in total. The number of fused-ring (bicyclic) bond motifs is 1. The molecule has 3 heteroatoms. The van der Waals surface area contributed by atoms with Crippen molar-refractivity contribution in [1.29, 1.82) is 0 Å². The lowest BCUT2D eigenvalue weighted by Crippen LogP contribution is -2.38. The van der Waals surface area contributed by atoms with Crippen molar-refractivity contribution < 1.29 is 9.53 Å². The van der Waals surface area contributed by atoms with Crippen LogP contribution in [-0.2, 0) is 16.0 Å². The summed E-state index contributed by atoms with van der Waals surface area (Å²) in [6.07, 6.45) is 0.654. The average Bonchev–Trinajstić information content (AvgIpc) is 2.43. The minimum atomic E-state index is -0.254. The van der Waals surface area contributed by atoms with Crippen LogP contribution < -0.4 is 0 Å². The van der Waals surface area contributed by atoms with Crippen molar-refractivity contribution in [2.24, 2.45) is 0 Å². The van der Waals surface area contributed by atoms with Gasteiger partial charge >= 0.3 is 5.97 Å². The molecule has 0 fully saturated rings. The minimum absolute atomic E-state index is 0.196. The Kier molecular flexibility index (Phi) is 4.17. The zero-order chi connectivity index (χ0) is 13.8. The van der Waals surface area contributed by atoms with E-state index in [0.717, 1.165) is 0 Å². The van der Waals surface area contributed by atoms with Crippen molar-refractivity contribution in [1.82, 2.24) is 4.90 Å². The monoisotopic (exact) mass is 257 g/mol. The Labute approximate surface area is 113 Å². The van der Waals surface area contributed by atoms with E-state index in [2.05, 4.69) is 24.3 Å². The van der Waals surface area contributed by atoms with Gasteiger partial charge in [-0.05, 0) is 36.9 Å². The molecule has 0 unspecified atom stereocenters. The van der Waals surface area contributed by atoms with E-state index >= 15 is 0 Å².